The van der Waals surface area contributed by atoms with Crippen molar-refractivity contribution in [2.24, 2.45) is 5.92 Å². The zero-order valence-electron chi connectivity index (χ0n) is 21.1. The van der Waals surface area contributed by atoms with Gasteiger partial charge in [-0.1, -0.05) is 6.92 Å². The number of amides is 1. The molecule has 1 aromatic carbocycles. The molecular weight excluding hydrogens is 442 g/mol. The van der Waals surface area contributed by atoms with Crippen molar-refractivity contribution in [3.63, 3.8) is 0 Å². The van der Waals surface area contributed by atoms with Gasteiger partial charge in [0, 0.05) is 26.7 Å². The van der Waals surface area contributed by atoms with Gasteiger partial charge in [0.2, 0.25) is 15.9 Å². The Hall–Kier alpha value is -1.68. The summed E-state index contributed by atoms with van der Waals surface area (Å²) in [6.45, 7) is 9.71. The molecule has 0 saturated carbocycles. The Morgan fingerprint density at radius 2 is 1.73 bits per heavy atom. The van der Waals surface area contributed by atoms with Gasteiger partial charge in [0.15, 0.2) is 0 Å². The topological polar surface area (TPSA) is 79.4 Å². The second-order valence-corrected chi connectivity index (χ2v) is 11.0. The van der Waals surface area contributed by atoms with Gasteiger partial charge in [-0.3, -0.25) is 4.79 Å². The first-order valence-corrected chi connectivity index (χ1v) is 13.2. The van der Waals surface area contributed by atoms with Gasteiger partial charge < -0.3 is 19.3 Å². The zero-order valence-corrected chi connectivity index (χ0v) is 21.9. The molecule has 1 fully saturated rings. The number of ether oxygens (including phenoxy) is 2. The molecule has 1 aliphatic heterocycles. The lowest BCUT2D eigenvalue weighted by molar-refractivity contribution is -0.137. The van der Waals surface area contributed by atoms with Crippen LogP contribution in [0.5, 0.6) is 5.75 Å². The number of piperidine rings is 1. The van der Waals surface area contributed by atoms with Crippen LogP contribution in [-0.2, 0) is 19.6 Å². The second-order valence-electron chi connectivity index (χ2n) is 8.98. The van der Waals surface area contributed by atoms with Gasteiger partial charge in [-0.2, -0.15) is 4.31 Å². The normalized spacial score (nSPS) is 15.5. The number of hydrogen-bond donors (Lipinski definition) is 0. The lowest BCUT2D eigenvalue weighted by Gasteiger charge is -2.32. The third-order valence-electron chi connectivity index (χ3n) is 6.54. The van der Waals surface area contributed by atoms with E-state index in [1.54, 1.807) is 33.1 Å². The summed E-state index contributed by atoms with van der Waals surface area (Å²) in [5, 5.41) is 0. The minimum absolute atomic E-state index is 0.0162. The SMILES string of the molecule is CCN(C)CCC1CCN(C(=O)COCCN(C)S(=O)(=O)c2c(C)cc(OC)cc2C)CC1. The van der Waals surface area contributed by atoms with Crippen LogP contribution < -0.4 is 4.74 Å². The largest absolute Gasteiger partial charge is 0.497 e. The van der Waals surface area contributed by atoms with Crippen molar-refractivity contribution in [3.8, 4) is 5.75 Å². The minimum atomic E-state index is -3.67. The summed E-state index contributed by atoms with van der Waals surface area (Å²) in [5.41, 5.74) is 1.28. The molecule has 1 saturated heterocycles. The van der Waals surface area contributed by atoms with Crippen molar-refractivity contribution in [2.75, 3.05) is 67.1 Å². The van der Waals surface area contributed by atoms with Crippen LogP contribution in [0.2, 0.25) is 0 Å². The Morgan fingerprint density at radius 1 is 1.12 bits per heavy atom. The molecule has 0 bridgehead atoms. The van der Waals surface area contributed by atoms with E-state index in [2.05, 4.69) is 18.9 Å². The van der Waals surface area contributed by atoms with E-state index >= 15 is 0 Å². The van der Waals surface area contributed by atoms with Crippen LogP contribution in [0, 0.1) is 19.8 Å². The van der Waals surface area contributed by atoms with Gasteiger partial charge in [0.05, 0.1) is 18.6 Å². The first-order chi connectivity index (χ1) is 15.6. The van der Waals surface area contributed by atoms with E-state index in [4.69, 9.17) is 9.47 Å². The van der Waals surface area contributed by atoms with Gasteiger partial charge in [-0.15, -0.1) is 0 Å². The lowest BCUT2D eigenvalue weighted by Crippen LogP contribution is -2.41. The fraction of sp³-hybridized carbons (Fsp3) is 0.708. The summed E-state index contributed by atoms with van der Waals surface area (Å²) in [6.07, 6.45) is 3.24. The number of rotatable bonds is 12. The van der Waals surface area contributed by atoms with Crippen molar-refractivity contribution in [3.05, 3.63) is 23.3 Å². The van der Waals surface area contributed by atoms with Crippen molar-refractivity contribution in [1.29, 1.82) is 0 Å². The molecule has 188 valence electrons. The molecule has 0 spiro atoms. The molecule has 2 rings (SSSR count). The number of carbonyl (C=O) groups excluding carboxylic acids is 1. The van der Waals surface area contributed by atoms with E-state index in [1.165, 1.54) is 17.8 Å². The number of methoxy groups -OCH3 is 1. The Labute approximate surface area is 199 Å². The molecule has 1 heterocycles. The molecule has 33 heavy (non-hydrogen) atoms. The summed E-state index contributed by atoms with van der Waals surface area (Å²) in [7, 11) is 1.56. The van der Waals surface area contributed by atoms with Gasteiger partial charge in [-0.25, -0.2) is 8.42 Å². The van der Waals surface area contributed by atoms with E-state index in [9.17, 15) is 13.2 Å². The smallest absolute Gasteiger partial charge is 0.248 e. The monoisotopic (exact) mass is 483 g/mol. The average molecular weight is 484 g/mol. The number of benzene rings is 1. The highest BCUT2D eigenvalue weighted by molar-refractivity contribution is 7.89. The van der Waals surface area contributed by atoms with Gasteiger partial charge >= 0.3 is 0 Å². The van der Waals surface area contributed by atoms with Gasteiger partial charge in [-0.05, 0) is 82.4 Å². The standard InChI is InChI=1S/C24H41N3O5S/c1-7-25(4)11-8-21-9-12-27(13-10-21)23(28)18-32-15-14-26(5)33(29,30)24-19(2)16-22(31-6)17-20(24)3/h16-17,21H,7-15,18H2,1-6H3. The maximum Gasteiger partial charge on any atom is 0.248 e. The number of likely N-dealkylation sites (tertiary alicyclic amines) is 1. The number of nitrogens with zero attached hydrogens (tertiary/aromatic N) is 3. The van der Waals surface area contributed by atoms with Crippen LogP contribution in [-0.4, -0.2) is 95.6 Å². The van der Waals surface area contributed by atoms with Crippen LogP contribution in [0.1, 0.15) is 37.3 Å². The number of hydrogen-bond acceptors (Lipinski definition) is 6. The van der Waals surface area contributed by atoms with E-state index in [0.717, 1.165) is 39.0 Å². The molecule has 0 aliphatic carbocycles. The molecular formula is C24H41N3O5S. The highest BCUT2D eigenvalue weighted by atomic mass is 32.2. The van der Waals surface area contributed by atoms with Crippen molar-refractivity contribution in [1.82, 2.24) is 14.1 Å². The summed E-state index contributed by atoms with van der Waals surface area (Å²) >= 11 is 0. The molecule has 9 heteroatoms. The zero-order chi connectivity index (χ0) is 24.6. The fourth-order valence-corrected chi connectivity index (χ4v) is 5.75. The summed E-state index contributed by atoms with van der Waals surface area (Å²) in [6, 6.07) is 3.43. The van der Waals surface area contributed by atoms with Crippen LogP contribution in [0.15, 0.2) is 17.0 Å². The van der Waals surface area contributed by atoms with Gasteiger partial charge in [0.1, 0.15) is 12.4 Å². The molecule has 0 atom stereocenters. The van der Waals surface area contributed by atoms with Crippen LogP contribution in [0.3, 0.4) is 0 Å². The molecule has 8 nitrogen and oxygen atoms in total. The van der Waals surface area contributed by atoms with E-state index in [1.807, 2.05) is 4.90 Å². The quantitative estimate of drug-likeness (QED) is 0.425. The number of aryl methyl sites for hydroxylation is 2. The Morgan fingerprint density at radius 3 is 2.27 bits per heavy atom. The maximum absolute atomic E-state index is 13.0. The molecule has 1 aromatic rings. The predicted octanol–water partition coefficient (Wildman–Crippen LogP) is 2.53. The number of carbonyl (C=O) groups is 1. The van der Waals surface area contributed by atoms with Crippen molar-refractivity contribution >= 4 is 15.9 Å². The van der Waals surface area contributed by atoms with Gasteiger partial charge in [0.25, 0.3) is 0 Å². The summed E-state index contributed by atoms with van der Waals surface area (Å²) in [5.74, 6) is 1.28. The summed E-state index contributed by atoms with van der Waals surface area (Å²) in [4.78, 5) is 17.0. The van der Waals surface area contributed by atoms with Crippen molar-refractivity contribution in [2.45, 2.75) is 44.9 Å². The van der Waals surface area contributed by atoms with Crippen LogP contribution in [0.25, 0.3) is 0 Å². The molecule has 0 radical (unpaired) electrons. The molecule has 1 amide bonds. The Balaban J connectivity index is 1.77. The molecule has 0 unspecified atom stereocenters. The van der Waals surface area contributed by atoms with E-state index < -0.39 is 10.0 Å². The first kappa shape index (κ1) is 27.6. The number of likely N-dealkylation sites (N-methyl/N-ethyl adjacent to an activating group) is 1. The minimum Gasteiger partial charge on any atom is -0.497 e. The lowest BCUT2D eigenvalue weighted by atomic mass is 9.93. The van der Waals surface area contributed by atoms with Crippen molar-refractivity contribution < 1.29 is 22.7 Å². The van der Waals surface area contributed by atoms with E-state index in [-0.39, 0.29) is 30.6 Å². The Kier molecular flexibility index (Phi) is 10.6. The highest BCUT2D eigenvalue weighted by Crippen LogP contribution is 2.27. The first-order valence-electron chi connectivity index (χ1n) is 11.8. The Bertz CT molecular complexity index is 859. The fourth-order valence-electron chi connectivity index (χ4n) is 4.19. The van der Waals surface area contributed by atoms with Crippen LogP contribution >= 0.6 is 0 Å². The third-order valence-corrected chi connectivity index (χ3v) is 8.70. The molecule has 0 aromatic heterocycles. The maximum atomic E-state index is 13.0. The third kappa shape index (κ3) is 7.67. The molecule has 1 aliphatic rings. The second kappa shape index (κ2) is 12.7. The summed E-state index contributed by atoms with van der Waals surface area (Å²) < 4.78 is 38.1. The van der Waals surface area contributed by atoms with E-state index in [0.29, 0.717) is 22.8 Å². The average Bonchev–Trinajstić information content (AvgIpc) is 2.79. The predicted molar refractivity (Wildman–Crippen MR) is 130 cm³/mol. The highest BCUT2D eigenvalue weighted by Gasteiger charge is 2.26. The van der Waals surface area contributed by atoms with Crippen LogP contribution in [0.4, 0.5) is 0 Å². The molecule has 0 N–H and O–H groups in total. The number of sulfonamides is 1.